The number of β-amino-alcohol motifs (C(OH)–C–C–N with tert-alkyl or cyclic N) is 1. The lowest BCUT2D eigenvalue weighted by Gasteiger charge is -2.21. The van der Waals surface area contributed by atoms with Crippen LogP contribution in [0.15, 0.2) is 24.3 Å². The first-order valence-corrected chi connectivity index (χ1v) is 6.32. The van der Waals surface area contributed by atoms with Crippen LogP contribution in [0, 0.1) is 11.8 Å². The van der Waals surface area contributed by atoms with Crippen molar-refractivity contribution in [2.45, 2.75) is 20.0 Å². The first kappa shape index (κ1) is 12.4. The molecule has 1 aromatic rings. The number of anilines is 1. The molecule has 1 aliphatic rings. The van der Waals surface area contributed by atoms with Gasteiger partial charge in [-0.2, -0.15) is 0 Å². The van der Waals surface area contributed by atoms with Crippen molar-refractivity contribution in [2.75, 3.05) is 25.4 Å². The molecule has 0 spiro atoms. The molecule has 3 nitrogen and oxygen atoms in total. The Morgan fingerprint density at radius 1 is 1.29 bits per heavy atom. The molecule has 0 aromatic heterocycles. The molecule has 1 fully saturated rings. The van der Waals surface area contributed by atoms with E-state index in [2.05, 4.69) is 18.7 Å². The van der Waals surface area contributed by atoms with Gasteiger partial charge < -0.3 is 10.8 Å². The number of nitrogen functional groups attached to an aromatic ring is 1. The number of likely N-dealkylation sites (tertiary alicyclic amines) is 1. The van der Waals surface area contributed by atoms with Crippen LogP contribution in [0.4, 0.5) is 5.69 Å². The maximum atomic E-state index is 10.2. The van der Waals surface area contributed by atoms with Gasteiger partial charge in [-0.1, -0.05) is 32.0 Å². The molecule has 3 N–H and O–H groups in total. The SMILES string of the molecule is CC1CN(CC(O)c2ccccc2N)CC1C. The van der Waals surface area contributed by atoms with Crippen molar-refractivity contribution in [3.8, 4) is 0 Å². The van der Waals surface area contributed by atoms with E-state index in [-0.39, 0.29) is 0 Å². The fraction of sp³-hybridized carbons (Fsp3) is 0.571. The molecule has 0 aliphatic carbocycles. The number of hydrogen-bond acceptors (Lipinski definition) is 3. The summed E-state index contributed by atoms with van der Waals surface area (Å²) in [4.78, 5) is 2.33. The molecule has 0 amide bonds. The summed E-state index contributed by atoms with van der Waals surface area (Å²) in [6, 6.07) is 7.56. The molecule has 1 aromatic carbocycles. The third kappa shape index (κ3) is 2.79. The fourth-order valence-electron chi connectivity index (χ4n) is 2.56. The fourth-order valence-corrected chi connectivity index (χ4v) is 2.56. The van der Waals surface area contributed by atoms with E-state index in [0.29, 0.717) is 12.2 Å². The van der Waals surface area contributed by atoms with Crippen LogP contribution in [0.1, 0.15) is 25.5 Å². The van der Waals surface area contributed by atoms with Gasteiger partial charge in [-0.3, -0.25) is 4.90 Å². The molecule has 2 rings (SSSR count). The summed E-state index contributed by atoms with van der Waals surface area (Å²) in [5.74, 6) is 1.44. The lowest BCUT2D eigenvalue weighted by atomic mass is 10.0. The second kappa shape index (κ2) is 5.07. The van der Waals surface area contributed by atoms with E-state index < -0.39 is 6.10 Å². The highest BCUT2D eigenvalue weighted by molar-refractivity contribution is 5.47. The Balaban J connectivity index is 1.98. The van der Waals surface area contributed by atoms with Gasteiger partial charge in [0, 0.05) is 30.9 Å². The van der Waals surface area contributed by atoms with Gasteiger partial charge in [-0.15, -0.1) is 0 Å². The lowest BCUT2D eigenvalue weighted by molar-refractivity contribution is 0.124. The quantitative estimate of drug-likeness (QED) is 0.785. The summed E-state index contributed by atoms with van der Waals surface area (Å²) < 4.78 is 0. The average Bonchev–Trinajstić information content (AvgIpc) is 2.58. The molecule has 17 heavy (non-hydrogen) atoms. The maximum Gasteiger partial charge on any atom is 0.0936 e. The van der Waals surface area contributed by atoms with Crippen molar-refractivity contribution < 1.29 is 5.11 Å². The third-order valence-electron chi connectivity index (χ3n) is 3.85. The molecule has 1 aliphatic heterocycles. The Morgan fingerprint density at radius 3 is 2.47 bits per heavy atom. The zero-order chi connectivity index (χ0) is 12.4. The van der Waals surface area contributed by atoms with Gasteiger partial charge in [0.05, 0.1) is 6.10 Å². The van der Waals surface area contributed by atoms with Gasteiger partial charge in [-0.25, -0.2) is 0 Å². The second-order valence-corrected chi connectivity index (χ2v) is 5.32. The number of nitrogens with two attached hydrogens (primary N) is 1. The second-order valence-electron chi connectivity index (χ2n) is 5.32. The maximum absolute atomic E-state index is 10.2. The van der Waals surface area contributed by atoms with Crippen molar-refractivity contribution in [3.63, 3.8) is 0 Å². The minimum atomic E-state index is -0.478. The van der Waals surface area contributed by atoms with E-state index in [1.54, 1.807) is 0 Å². The normalized spacial score (nSPS) is 27.2. The number of nitrogens with zero attached hydrogens (tertiary/aromatic N) is 1. The van der Waals surface area contributed by atoms with Crippen molar-refractivity contribution >= 4 is 5.69 Å². The van der Waals surface area contributed by atoms with Crippen LogP contribution in [0.5, 0.6) is 0 Å². The summed E-state index contributed by atoms with van der Waals surface area (Å²) in [6.45, 7) is 7.38. The predicted molar refractivity (Wildman–Crippen MR) is 70.6 cm³/mol. The Kier molecular flexibility index (Phi) is 3.69. The van der Waals surface area contributed by atoms with Crippen LogP contribution in [-0.2, 0) is 0 Å². The van der Waals surface area contributed by atoms with Crippen molar-refractivity contribution in [3.05, 3.63) is 29.8 Å². The van der Waals surface area contributed by atoms with E-state index in [0.717, 1.165) is 30.5 Å². The van der Waals surface area contributed by atoms with Gasteiger partial charge in [0.25, 0.3) is 0 Å². The monoisotopic (exact) mass is 234 g/mol. The van der Waals surface area contributed by atoms with Gasteiger partial charge >= 0.3 is 0 Å². The smallest absolute Gasteiger partial charge is 0.0936 e. The summed E-state index contributed by atoms with van der Waals surface area (Å²) in [5, 5.41) is 10.2. The van der Waals surface area contributed by atoms with E-state index in [4.69, 9.17) is 5.73 Å². The minimum Gasteiger partial charge on any atom is -0.398 e. The standard InChI is InChI=1S/C14H22N2O/c1-10-7-16(8-11(10)2)9-14(17)12-5-3-4-6-13(12)15/h3-6,10-11,14,17H,7-9,15H2,1-2H3. The number of para-hydroxylation sites is 1. The van der Waals surface area contributed by atoms with Crippen LogP contribution >= 0.6 is 0 Å². The van der Waals surface area contributed by atoms with E-state index >= 15 is 0 Å². The Bertz CT molecular complexity index is 370. The van der Waals surface area contributed by atoms with Crippen LogP contribution in [-0.4, -0.2) is 29.6 Å². The van der Waals surface area contributed by atoms with Crippen LogP contribution in [0.3, 0.4) is 0 Å². The molecule has 0 radical (unpaired) electrons. The summed E-state index contributed by atoms with van der Waals surface area (Å²) in [7, 11) is 0. The highest BCUT2D eigenvalue weighted by Gasteiger charge is 2.27. The first-order chi connectivity index (χ1) is 8.08. The van der Waals surface area contributed by atoms with Crippen molar-refractivity contribution in [2.24, 2.45) is 11.8 Å². The molecular formula is C14H22N2O. The molecular weight excluding hydrogens is 212 g/mol. The van der Waals surface area contributed by atoms with Gasteiger partial charge in [0.1, 0.15) is 0 Å². The average molecular weight is 234 g/mol. The van der Waals surface area contributed by atoms with Crippen LogP contribution < -0.4 is 5.73 Å². The Morgan fingerprint density at radius 2 is 1.88 bits per heavy atom. The Hall–Kier alpha value is -1.06. The number of aliphatic hydroxyl groups is 1. The van der Waals surface area contributed by atoms with E-state index in [1.807, 2.05) is 24.3 Å². The zero-order valence-corrected chi connectivity index (χ0v) is 10.6. The molecule has 0 bridgehead atoms. The lowest BCUT2D eigenvalue weighted by Crippen LogP contribution is -2.27. The van der Waals surface area contributed by atoms with Crippen molar-refractivity contribution in [1.82, 2.24) is 4.90 Å². The van der Waals surface area contributed by atoms with Gasteiger partial charge in [-0.05, 0) is 17.9 Å². The highest BCUT2D eigenvalue weighted by Crippen LogP contribution is 2.26. The van der Waals surface area contributed by atoms with Crippen molar-refractivity contribution in [1.29, 1.82) is 0 Å². The molecule has 94 valence electrons. The number of hydrogen-bond donors (Lipinski definition) is 2. The number of benzene rings is 1. The molecule has 0 saturated carbocycles. The van der Waals surface area contributed by atoms with Crippen LogP contribution in [0.2, 0.25) is 0 Å². The summed E-state index contributed by atoms with van der Waals surface area (Å²) in [5.41, 5.74) is 7.40. The topological polar surface area (TPSA) is 49.5 Å². The molecule has 3 heteroatoms. The first-order valence-electron chi connectivity index (χ1n) is 6.32. The largest absolute Gasteiger partial charge is 0.398 e. The minimum absolute atomic E-state index is 0.478. The highest BCUT2D eigenvalue weighted by atomic mass is 16.3. The van der Waals surface area contributed by atoms with Gasteiger partial charge in [0.2, 0.25) is 0 Å². The van der Waals surface area contributed by atoms with Crippen LogP contribution in [0.25, 0.3) is 0 Å². The molecule has 3 atom stereocenters. The van der Waals surface area contributed by atoms with E-state index in [9.17, 15) is 5.11 Å². The number of aliphatic hydroxyl groups excluding tert-OH is 1. The third-order valence-corrected chi connectivity index (χ3v) is 3.85. The summed E-state index contributed by atoms with van der Waals surface area (Å²) in [6.07, 6.45) is -0.478. The predicted octanol–water partition coefficient (Wildman–Crippen LogP) is 1.89. The molecule has 3 unspecified atom stereocenters. The molecule has 1 heterocycles. The summed E-state index contributed by atoms with van der Waals surface area (Å²) >= 11 is 0. The zero-order valence-electron chi connectivity index (χ0n) is 10.6. The van der Waals surface area contributed by atoms with Gasteiger partial charge in [0.15, 0.2) is 0 Å². The van der Waals surface area contributed by atoms with E-state index in [1.165, 1.54) is 0 Å². The molecule has 1 saturated heterocycles. The number of rotatable bonds is 3. The Labute approximate surface area is 103 Å².